The molecule has 21 heavy (non-hydrogen) atoms. The minimum Gasteiger partial charge on any atom is -0.349 e. The summed E-state index contributed by atoms with van der Waals surface area (Å²) < 4.78 is 1.67. The van der Waals surface area contributed by atoms with Crippen LogP contribution in [-0.2, 0) is 6.54 Å². The van der Waals surface area contributed by atoms with Crippen molar-refractivity contribution in [2.75, 3.05) is 5.32 Å². The lowest BCUT2D eigenvalue weighted by Crippen LogP contribution is -2.04. The van der Waals surface area contributed by atoms with Crippen LogP contribution in [0.4, 0.5) is 11.6 Å². The first-order valence-electron chi connectivity index (χ1n) is 6.43. The van der Waals surface area contributed by atoms with Crippen molar-refractivity contribution in [2.24, 2.45) is 0 Å². The first kappa shape index (κ1) is 13.0. The van der Waals surface area contributed by atoms with Crippen molar-refractivity contribution in [1.29, 1.82) is 0 Å². The van der Waals surface area contributed by atoms with Gasteiger partial charge in [0.1, 0.15) is 0 Å². The SMILES string of the molecule is Cc1c(CNc2nc3ccccn3n2)cccc1[N+](=O)[O-]. The number of nitro groups is 1. The van der Waals surface area contributed by atoms with E-state index in [-0.39, 0.29) is 10.6 Å². The third kappa shape index (κ3) is 2.53. The molecule has 7 heteroatoms. The molecule has 1 aromatic carbocycles. The molecular weight excluding hydrogens is 270 g/mol. The molecule has 3 rings (SSSR count). The van der Waals surface area contributed by atoms with E-state index in [0.29, 0.717) is 18.1 Å². The number of aromatic nitrogens is 3. The van der Waals surface area contributed by atoms with Gasteiger partial charge in [-0.05, 0) is 24.6 Å². The van der Waals surface area contributed by atoms with E-state index in [2.05, 4.69) is 15.4 Å². The van der Waals surface area contributed by atoms with Gasteiger partial charge in [0, 0.05) is 24.4 Å². The molecule has 0 aliphatic carbocycles. The van der Waals surface area contributed by atoms with Crippen molar-refractivity contribution in [2.45, 2.75) is 13.5 Å². The maximum atomic E-state index is 10.9. The second-order valence-electron chi connectivity index (χ2n) is 4.61. The van der Waals surface area contributed by atoms with Gasteiger partial charge in [0.15, 0.2) is 5.65 Å². The maximum Gasteiger partial charge on any atom is 0.272 e. The van der Waals surface area contributed by atoms with E-state index >= 15 is 0 Å². The first-order chi connectivity index (χ1) is 10.1. The summed E-state index contributed by atoms with van der Waals surface area (Å²) in [6.45, 7) is 2.18. The fourth-order valence-electron chi connectivity index (χ4n) is 2.14. The van der Waals surface area contributed by atoms with E-state index < -0.39 is 0 Å². The maximum absolute atomic E-state index is 10.9. The Labute approximate surface area is 120 Å². The highest BCUT2D eigenvalue weighted by Gasteiger charge is 2.13. The normalized spacial score (nSPS) is 10.7. The lowest BCUT2D eigenvalue weighted by atomic mass is 10.1. The van der Waals surface area contributed by atoms with E-state index in [4.69, 9.17) is 0 Å². The number of hydrogen-bond donors (Lipinski definition) is 1. The molecule has 7 nitrogen and oxygen atoms in total. The average molecular weight is 283 g/mol. The molecule has 0 aliphatic heterocycles. The van der Waals surface area contributed by atoms with Gasteiger partial charge in [-0.2, -0.15) is 4.98 Å². The Hall–Kier alpha value is -2.96. The summed E-state index contributed by atoms with van der Waals surface area (Å²) in [6.07, 6.45) is 1.81. The molecule has 2 aromatic heterocycles. The zero-order chi connectivity index (χ0) is 14.8. The minimum absolute atomic E-state index is 0.122. The van der Waals surface area contributed by atoms with Gasteiger partial charge in [0.05, 0.1) is 4.92 Å². The van der Waals surface area contributed by atoms with Crippen molar-refractivity contribution in [3.8, 4) is 0 Å². The van der Waals surface area contributed by atoms with Gasteiger partial charge >= 0.3 is 0 Å². The van der Waals surface area contributed by atoms with Crippen molar-refractivity contribution in [3.63, 3.8) is 0 Å². The number of rotatable bonds is 4. The van der Waals surface area contributed by atoms with E-state index in [1.165, 1.54) is 6.07 Å². The van der Waals surface area contributed by atoms with Crippen LogP contribution in [0.2, 0.25) is 0 Å². The topological polar surface area (TPSA) is 85.4 Å². The Morgan fingerprint density at radius 2 is 2.14 bits per heavy atom. The molecular formula is C14H13N5O2. The highest BCUT2D eigenvalue weighted by atomic mass is 16.6. The number of nitrogens with one attached hydrogen (secondary N) is 1. The zero-order valence-electron chi connectivity index (χ0n) is 11.4. The molecule has 0 saturated carbocycles. The van der Waals surface area contributed by atoms with Gasteiger partial charge in [-0.3, -0.25) is 10.1 Å². The van der Waals surface area contributed by atoms with Crippen LogP contribution >= 0.6 is 0 Å². The molecule has 2 heterocycles. The van der Waals surface area contributed by atoms with Gasteiger partial charge in [0.2, 0.25) is 5.95 Å². The summed E-state index contributed by atoms with van der Waals surface area (Å²) in [5.41, 5.74) is 2.37. The number of benzene rings is 1. The van der Waals surface area contributed by atoms with Gasteiger partial charge < -0.3 is 5.32 Å². The lowest BCUT2D eigenvalue weighted by molar-refractivity contribution is -0.385. The van der Waals surface area contributed by atoms with Gasteiger partial charge in [0.25, 0.3) is 5.69 Å². The zero-order valence-corrected chi connectivity index (χ0v) is 11.4. The Kier molecular flexibility index (Phi) is 3.23. The van der Waals surface area contributed by atoms with Crippen LogP contribution in [0.1, 0.15) is 11.1 Å². The molecule has 0 bridgehead atoms. The smallest absolute Gasteiger partial charge is 0.272 e. The molecule has 0 spiro atoms. The number of nitrogens with zero attached hydrogens (tertiary/aromatic N) is 4. The number of nitro benzene ring substituents is 1. The van der Waals surface area contributed by atoms with Crippen LogP contribution in [0, 0.1) is 17.0 Å². The fourth-order valence-corrected chi connectivity index (χ4v) is 2.14. The summed E-state index contributed by atoms with van der Waals surface area (Å²) in [5, 5.41) is 18.3. The standard InChI is InChI=1S/C14H13N5O2/c1-10-11(5-4-6-12(10)19(20)21)9-15-14-16-13-7-2-3-8-18(13)17-14/h2-8H,9H2,1H3,(H,15,17). The molecule has 0 atom stereocenters. The van der Waals surface area contributed by atoms with Gasteiger partial charge in [-0.25, -0.2) is 4.52 Å². The summed E-state index contributed by atoms with van der Waals surface area (Å²) in [5.74, 6) is 0.493. The van der Waals surface area contributed by atoms with Gasteiger partial charge in [-0.1, -0.05) is 18.2 Å². The lowest BCUT2D eigenvalue weighted by Gasteiger charge is -2.06. The number of anilines is 1. The summed E-state index contributed by atoms with van der Waals surface area (Å²) in [6, 6.07) is 10.7. The molecule has 0 unspecified atom stereocenters. The Balaban J connectivity index is 1.81. The van der Waals surface area contributed by atoms with Crippen LogP contribution in [0.25, 0.3) is 5.65 Å². The summed E-state index contributed by atoms with van der Waals surface area (Å²) >= 11 is 0. The van der Waals surface area contributed by atoms with E-state index in [1.807, 2.05) is 30.5 Å². The monoisotopic (exact) mass is 283 g/mol. The molecule has 3 aromatic rings. The quantitative estimate of drug-likeness (QED) is 0.587. The van der Waals surface area contributed by atoms with Crippen LogP contribution in [0.15, 0.2) is 42.6 Å². The van der Waals surface area contributed by atoms with E-state index in [9.17, 15) is 10.1 Å². The Morgan fingerprint density at radius 1 is 1.29 bits per heavy atom. The van der Waals surface area contributed by atoms with Gasteiger partial charge in [-0.15, -0.1) is 5.10 Å². The molecule has 0 fully saturated rings. The number of fused-ring (bicyclic) bond motifs is 1. The summed E-state index contributed by atoms with van der Waals surface area (Å²) in [4.78, 5) is 14.9. The largest absolute Gasteiger partial charge is 0.349 e. The molecule has 0 amide bonds. The molecule has 106 valence electrons. The molecule has 1 N–H and O–H groups in total. The third-order valence-corrected chi connectivity index (χ3v) is 3.29. The van der Waals surface area contributed by atoms with Crippen LogP contribution in [-0.4, -0.2) is 19.5 Å². The van der Waals surface area contributed by atoms with Crippen LogP contribution < -0.4 is 5.32 Å². The van der Waals surface area contributed by atoms with Crippen LogP contribution in [0.5, 0.6) is 0 Å². The van der Waals surface area contributed by atoms with Crippen molar-refractivity contribution in [3.05, 3.63) is 63.8 Å². The molecule has 0 aliphatic rings. The van der Waals surface area contributed by atoms with E-state index in [0.717, 1.165) is 11.2 Å². The number of hydrogen-bond acceptors (Lipinski definition) is 5. The molecule has 0 saturated heterocycles. The summed E-state index contributed by atoms with van der Waals surface area (Å²) in [7, 11) is 0. The Bertz CT molecular complexity index is 779. The Morgan fingerprint density at radius 3 is 2.90 bits per heavy atom. The van der Waals surface area contributed by atoms with Crippen molar-refractivity contribution < 1.29 is 4.92 Å². The predicted molar refractivity (Wildman–Crippen MR) is 78.1 cm³/mol. The first-order valence-corrected chi connectivity index (χ1v) is 6.43. The van der Waals surface area contributed by atoms with E-state index in [1.54, 1.807) is 17.5 Å². The highest BCUT2D eigenvalue weighted by molar-refractivity contribution is 5.47. The molecule has 0 radical (unpaired) electrons. The second kappa shape index (κ2) is 5.20. The average Bonchev–Trinajstić information content (AvgIpc) is 2.88. The number of pyridine rings is 1. The second-order valence-corrected chi connectivity index (χ2v) is 4.61. The van der Waals surface area contributed by atoms with Crippen molar-refractivity contribution in [1.82, 2.24) is 14.6 Å². The third-order valence-electron chi connectivity index (χ3n) is 3.29. The van der Waals surface area contributed by atoms with Crippen molar-refractivity contribution >= 4 is 17.3 Å². The van der Waals surface area contributed by atoms with Crippen LogP contribution in [0.3, 0.4) is 0 Å². The predicted octanol–water partition coefficient (Wildman–Crippen LogP) is 2.56. The highest BCUT2D eigenvalue weighted by Crippen LogP contribution is 2.21. The minimum atomic E-state index is -0.373. The fraction of sp³-hybridized carbons (Fsp3) is 0.143.